The zero-order valence-electron chi connectivity index (χ0n) is 18.8. The van der Waals surface area contributed by atoms with Crippen LogP contribution < -0.4 is 9.62 Å². The predicted molar refractivity (Wildman–Crippen MR) is 128 cm³/mol. The van der Waals surface area contributed by atoms with E-state index in [1.54, 1.807) is 25.1 Å². The summed E-state index contributed by atoms with van der Waals surface area (Å²) in [4.78, 5) is 15.4. The summed E-state index contributed by atoms with van der Waals surface area (Å²) < 4.78 is 28.1. The highest BCUT2D eigenvalue weighted by Crippen LogP contribution is 2.36. The van der Waals surface area contributed by atoms with Crippen molar-refractivity contribution in [1.82, 2.24) is 10.2 Å². The molecule has 32 heavy (non-hydrogen) atoms. The first kappa shape index (κ1) is 23.2. The Morgan fingerprint density at radius 1 is 1.22 bits per heavy atom. The van der Waals surface area contributed by atoms with Crippen LogP contribution in [-0.2, 0) is 21.2 Å². The number of aryl methyl sites for hydroxylation is 2. The number of rotatable bonds is 7. The van der Waals surface area contributed by atoms with Crippen molar-refractivity contribution in [3.8, 4) is 0 Å². The minimum absolute atomic E-state index is 0.0875. The van der Waals surface area contributed by atoms with Gasteiger partial charge in [-0.25, -0.2) is 8.42 Å². The first-order valence-corrected chi connectivity index (χ1v) is 13.9. The molecule has 1 N–H and O–H groups in total. The predicted octanol–water partition coefficient (Wildman–Crippen LogP) is 4.92. The summed E-state index contributed by atoms with van der Waals surface area (Å²) in [5.74, 6) is 1.06. The molecular weight excluding hydrogens is 444 g/mol. The van der Waals surface area contributed by atoms with Crippen molar-refractivity contribution in [2.24, 2.45) is 11.8 Å². The van der Waals surface area contributed by atoms with Crippen LogP contribution in [0.4, 0.5) is 10.8 Å². The van der Waals surface area contributed by atoms with Gasteiger partial charge in [0.05, 0.1) is 4.90 Å². The second-order valence-corrected chi connectivity index (χ2v) is 11.8. The molecule has 7 nitrogen and oxygen atoms in total. The highest BCUT2D eigenvalue weighted by molar-refractivity contribution is 7.93. The summed E-state index contributed by atoms with van der Waals surface area (Å²) >= 11 is 1.20. The van der Waals surface area contributed by atoms with E-state index in [2.05, 4.69) is 21.8 Å². The molecule has 4 rings (SSSR count). The molecule has 0 bridgehead atoms. The van der Waals surface area contributed by atoms with E-state index in [4.69, 9.17) is 0 Å². The molecule has 0 spiro atoms. The van der Waals surface area contributed by atoms with Gasteiger partial charge in [-0.05, 0) is 75.1 Å². The lowest BCUT2D eigenvalue weighted by atomic mass is 9.79. The zero-order chi connectivity index (χ0) is 22.7. The van der Waals surface area contributed by atoms with Crippen LogP contribution in [0.15, 0.2) is 23.1 Å². The molecule has 0 radical (unpaired) electrons. The third-order valence-electron chi connectivity index (χ3n) is 6.66. The number of benzene rings is 1. The Morgan fingerprint density at radius 3 is 2.69 bits per heavy atom. The number of unbranched alkanes of at least 4 members (excludes halogenated alkanes) is 1. The van der Waals surface area contributed by atoms with Crippen LogP contribution >= 0.6 is 11.3 Å². The monoisotopic (exact) mass is 476 g/mol. The molecule has 0 unspecified atom stereocenters. The van der Waals surface area contributed by atoms with Gasteiger partial charge in [0.1, 0.15) is 5.01 Å². The molecule has 1 aliphatic carbocycles. The number of carbonyl (C=O) groups excluding carboxylic acids is 1. The fourth-order valence-electron chi connectivity index (χ4n) is 4.89. The van der Waals surface area contributed by atoms with Crippen LogP contribution in [0.5, 0.6) is 0 Å². The molecule has 9 heteroatoms. The maximum absolute atomic E-state index is 13.3. The molecule has 2 aromatic rings. The Balaban J connectivity index is 1.47. The van der Waals surface area contributed by atoms with Gasteiger partial charge in [-0.1, -0.05) is 37.5 Å². The van der Waals surface area contributed by atoms with Crippen molar-refractivity contribution in [2.45, 2.75) is 76.5 Å². The summed E-state index contributed by atoms with van der Waals surface area (Å²) in [5, 5.41) is 8.66. The summed E-state index contributed by atoms with van der Waals surface area (Å²) in [5.41, 5.74) is 1.78. The molecule has 1 amide bonds. The highest BCUT2D eigenvalue weighted by atomic mass is 32.2. The maximum Gasteiger partial charge on any atom is 0.263 e. The van der Waals surface area contributed by atoms with Gasteiger partial charge in [-0.3, -0.25) is 9.52 Å². The Labute approximate surface area is 194 Å². The van der Waals surface area contributed by atoms with Gasteiger partial charge in [-0.15, -0.1) is 10.2 Å². The number of fused-ring (bicyclic) bond motifs is 1. The van der Waals surface area contributed by atoms with Crippen molar-refractivity contribution < 1.29 is 13.2 Å². The van der Waals surface area contributed by atoms with Crippen molar-refractivity contribution in [1.29, 1.82) is 0 Å². The second kappa shape index (κ2) is 9.87. The minimum Gasteiger partial charge on any atom is -0.312 e. The van der Waals surface area contributed by atoms with Crippen LogP contribution in [-0.4, -0.2) is 31.1 Å². The molecular formula is C23H32N4O3S2. The largest absolute Gasteiger partial charge is 0.312 e. The van der Waals surface area contributed by atoms with Gasteiger partial charge in [0, 0.05) is 18.2 Å². The van der Waals surface area contributed by atoms with Crippen molar-refractivity contribution in [3.05, 3.63) is 28.8 Å². The Hall–Kier alpha value is -2.00. The third-order valence-corrected chi connectivity index (χ3v) is 8.88. The normalized spacial score (nSPS) is 21.2. The highest BCUT2D eigenvalue weighted by Gasteiger charge is 2.32. The van der Waals surface area contributed by atoms with Crippen molar-refractivity contribution in [2.75, 3.05) is 16.2 Å². The molecule has 2 heterocycles. The fraction of sp³-hybridized carbons (Fsp3) is 0.609. The number of amides is 1. The van der Waals surface area contributed by atoms with E-state index in [0.717, 1.165) is 55.7 Å². The first-order valence-electron chi connectivity index (χ1n) is 11.6. The first-order chi connectivity index (χ1) is 15.4. The van der Waals surface area contributed by atoms with E-state index in [1.807, 2.05) is 4.90 Å². The lowest BCUT2D eigenvalue weighted by Gasteiger charge is -2.35. The van der Waals surface area contributed by atoms with Gasteiger partial charge in [-0.2, -0.15) is 0 Å². The number of anilines is 2. The maximum atomic E-state index is 13.3. The van der Waals surface area contributed by atoms with Gasteiger partial charge in [0.25, 0.3) is 10.0 Å². The summed E-state index contributed by atoms with van der Waals surface area (Å²) in [7, 11) is -3.75. The van der Waals surface area contributed by atoms with E-state index in [9.17, 15) is 13.2 Å². The van der Waals surface area contributed by atoms with Crippen LogP contribution in [0.1, 0.15) is 68.9 Å². The van der Waals surface area contributed by atoms with E-state index in [0.29, 0.717) is 11.6 Å². The SMILES string of the molecule is CCCCC1CCC(C(=O)N2CCCc3cc(S(=O)(=O)Nc4nnc(C)s4)ccc32)CC1. The summed E-state index contributed by atoms with van der Waals surface area (Å²) in [6.07, 6.45) is 9.63. The summed E-state index contributed by atoms with van der Waals surface area (Å²) in [6, 6.07) is 5.08. The number of sulfonamides is 1. The van der Waals surface area contributed by atoms with Crippen LogP contribution in [0, 0.1) is 18.8 Å². The molecule has 1 aliphatic heterocycles. The number of hydrogen-bond acceptors (Lipinski definition) is 6. The smallest absolute Gasteiger partial charge is 0.263 e. The number of nitrogens with one attached hydrogen (secondary N) is 1. The summed E-state index contributed by atoms with van der Waals surface area (Å²) in [6.45, 7) is 4.71. The lowest BCUT2D eigenvalue weighted by Crippen LogP contribution is -2.41. The van der Waals surface area contributed by atoms with Crippen LogP contribution in [0.25, 0.3) is 0 Å². The number of aromatic nitrogens is 2. The van der Waals surface area contributed by atoms with Crippen molar-refractivity contribution in [3.63, 3.8) is 0 Å². The van der Waals surface area contributed by atoms with Crippen LogP contribution in [0.2, 0.25) is 0 Å². The van der Waals surface area contributed by atoms with E-state index >= 15 is 0 Å². The molecule has 0 saturated heterocycles. The molecule has 1 fully saturated rings. The topological polar surface area (TPSA) is 92.3 Å². The average molecular weight is 477 g/mol. The minimum atomic E-state index is -3.75. The van der Waals surface area contributed by atoms with E-state index in [-0.39, 0.29) is 21.9 Å². The number of nitrogens with zero attached hydrogens (tertiary/aromatic N) is 3. The number of hydrogen-bond donors (Lipinski definition) is 1. The molecule has 1 aromatic heterocycles. The molecule has 0 atom stereocenters. The molecule has 2 aliphatic rings. The Kier molecular flexibility index (Phi) is 7.14. The Morgan fingerprint density at radius 2 is 2.00 bits per heavy atom. The molecule has 1 aromatic carbocycles. The lowest BCUT2D eigenvalue weighted by molar-refractivity contribution is -0.123. The van der Waals surface area contributed by atoms with Crippen molar-refractivity contribution >= 4 is 38.1 Å². The molecule has 1 saturated carbocycles. The fourth-order valence-corrected chi connectivity index (χ4v) is 6.76. The third kappa shape index (κ3) is 5.14. The van der Waals surface area contributed by atoms with E-state index in [1.165, 1.54) is 30.6 Å². The molecule has 174 valence electrons. The number of carbonyl (C=O) groups is 1. The Bertz CT molecular complexity index is 1060. The van der Waals surface area contributed by atoms with Gasteiger partial charge in [0.2, 0.25) is 11.0 Å². The standard InChI is InChI=1S/C23H32N4O3S2/c1-3-4-6-17-8-10-18(11-9-17)22(28)27-14-5-7-19-15-20(12-13-21(19)27)32(29,30)26-23-25-24-16(2)31-23/h12-13,15,17-18H,3-11,14H2,1-2H3,(H,25,26). The average Bonchev–Trinajstić information content (AvgIpc) is 3.20. The van der Waals surface area contributed by atoms with E-state index < -0.39 is 10.0 Å². The zero-order valence-corrected chi connectivity index (χ0v) is 20.5. The van der Waals surface area contributed by atoms with Crippen LogP contribution in [0.3, 0.4) is 0 Å². The van der Waals surface area contributed by atoms with Gasteiger partial charge < -0.3 is 4.90 Å². The van der Waals surface area contributed by atoms with Gasteiger partial charge >= 0.3 is 0 Å². The second-order valence-electron chi connectivity index (χ2n) is 8.98. The van der Waals surface area contributed by atoms with Gasteiger partial charge in [0.15, 0.2) is 0 Å². The quantitative estimate of drug-likeness (QED) is 0.612.